The van der Waals surface area contributed by atoms with E-state index in [4.69, 9.17) is 0 Å². The summed E-state index contributed by atoms with van der Waals surface area (Å²) in [4.78, 5) is 0. The van der Waals surface area contributed by atoms with Gasteiger partial charge in [-0.25, -0.2) is 0 Å². The highest BCUT2D eigenvalue weighted by molar-refractivity contribution is 14.1. The molecule has 0 amide bonds. The molecule has 0 N–H and O–H groups in total. The van der Waals surface area contributed by atoms with E-state index in [0.717, 1.165) is 9.64 Å². The molecule has 1 aromatic rings. The van der Waals surface area contributed by atoms with E-state index in [2.05, 4.69) is 6.58 Å². The molecule has 1 aromatic carbocycles. The standard InChI is InChI=1S/C11H10F3I/c1-3-7(2)9-6-8(11(12,13)14)4-5-10(9)15/h3-7H,1H2,2H3. The number of allylic oxidation sites excluding steroid dienone is 1. The van der Waals surface area contributed by atoms with Gasteiger partial charge in [0.15, 0.2) is 0 Å². The highest BCUT2D eigenvalue weighted by Gasteiger charge is 2.31. The largest absolute Gasteiger partial charge is 0.416 e. The Morgan fingerprint density at radius 2 is 2.00 bits per heavy atom. The van der Waals surface area contributed by atoms with Gasteiger partial charge in [-0.3, -0.25) is 0 Å². The SMILES string of the molecule is C=CC(C)c1cc(C(F)(F)F)ccc1I. The van der Waals surface area contributed by atoms with Crippen LogP contribution in [0.1, 0.15) is 24.0 Å². The quantitative estimate of drug-likeness (QED) is 0.550. The van der Waals surface area contributed by atoms with Gasteiger partial charge in [0.1, 0.15) is 0 Å². The summed E-state index contributed by atoms with van der Waals surface area (Å²) in [6, 6.07) is 3.77. The zero-order chi connectivity index (χ0) is 11.6. The third kappa shape index (κ3) is 2.96. The van der Waals surface area contributed by atoms with Crippen molar-refractivity contribution < 1.29 is 13.2 Å². The molecule has 0 aromatic heterocycles. The van der Waals surface area contributed by atoms with E-state index in [-0.39, 0.29) is 5.92 Å². The fraction of sp³-hybridized carbons (Fsp3) is 0.273. The maximum atomic E-state index is 12.4. The van der Waals surface area contributed by atoms with Crippen LogP contribution in [0.15, 0.2) is 30.9 Å². The molecule has 0 fully saturated rings. The van der Waals surface area contributed by atoms with Gasteiger partial charge in [-0.1, -0.05) is 13.0 Å². The maximum Gasteiger partial charge on any atom is 0.416 e. The van der Waals surface area contributed by atoms with Gasteiger partial charge >= 0.3 is 6.18 Å². The first-order valence-corrected chi connectivity index (χ1v) is 5.43. The zero-order valence-corrected chi connectivity index (χ0v) is 10.3. The lowest BCUT2D eigenvalue weighted by molar-refractivity contribution is -0.137. The summed E-state index contributed by atoms with van der Waals surface area (Å²) in [6.07, 6.45) is -2.64. The Balaban J connectivity index is 3.22. The van der Waals surface area contributed by atoms with E-state index in [1.807, 2.05) is 29.5 Å². The number of rotatable bonds is 2. The predicted molar refractivity (Wildman–Crippen MR) is 62.8 cm³/mol. The minimum absolute atomic E-state index is 0.0702. The van der Waals surface area contributed by atoms with Gasteiger partial charge in [0.05, 0.1) is 5.56 Å². The molecule has 0 heterocycles. The lowest BCUT2D eigenvalue weighted by Crippen LogP contribution is -2.06. The van der Waals surface area contributed by atoms with Gasteiger partial charge in [0, 0.05) is 3.57 Å². The molecule has 0 spiro atoms. The van der Waals surface area contributed by atoms with Gasteiger partial charge in [-0.2, -0.15) is 13.2 Å². The van der Waals surface area contributed by atoms with E-state index in [1.54, 1.807) is 6.08 Å². The predicted octanol–water partition coefficient (Wildman–Crippen LogP) is 4.60. The van der Waals surface area contributed by atoms with Crippen LogP contribution >= 0.6 is 22.6 Å². The van der Waals surface area contributed by atoms with Crippen molar-refractivity contribution in [3.63, 3.8) is 0 Å². The van der Waals surface area contributed by atoms with E-state index >= 15 is 0 Å². The topological polar surface area (TPSA) is 0 Å². The number of alkyl halides is 3. The molecule has 0 saturated heterocycles. The Morgan fingerprint density at radius 1 is 1.40 bits per heavy atom. The van der Waals surface area contributed by atoms with Crippen LogP contribution in [0.3, 0.4) is 0 Å². The van der Waals surface area contributed by atoms with Crippen molar-refractivity contribution in [1.29, 1.82) is 0 Å². The van der Waals surface area contributed by atoms with E-state index in [9.17, 15) is 13.2 Å². The monoisotopic (exact) mass is 326 g/mol. The second kappa shape index (κ2) is 4.55. The maximum absolute atomic E-state index is 12.4. The second-order valence-corrected chi connectivity index (χ2v) is 4.42. The van der Waals surface area contributed by atoms with Crippen LogP contribution in [-0.2, 0) is 6.18 Å². The molecule has 15 heavy (non-hydrogen) atoms. The van der Waals surface area contributed by atoms with Crippen LogP contribution in [0.25, 0.3) is 0 Å². The van der Waals surface area contributed by atoms with Gasteiger partial charge in [-0.15, -0.1) is 6.58 Å². The first-order chi connectivity index (χ1) is 6.86. The van der Waals surface area contributed by atoms with Gasteiger partial charge in [-0.05, 0) is 52.3 Å². The van der Waals surface area contributed by atoms with E-state index in [1.165, 1.54) is 12.1 Å². The molecule has 0 radical (unpaired) electrons. The van der Waals surface area contributed by atoms with Crippen LogP contribution in [0, 0.1) is 3.57 Å². The normalized spacial score (nSPS) is 13.7. The molecule has 1 atom stereocenters. The number of hydrogen-bond donors (Lipinski definition) is 0. The minimum atomic E-state index is -4.28. The van der Waals surface area contributed by atoms with Crippen molar-refractivity contribution in [2.24, 2.45) is 0 Å². The molecular weight excluding hydrogens is 316 g/mol. The average Bonchev–Trinajstić information content (AvgIpc) is 2.15. The van der Waals surface area contributed by atoms with Crippen LogP contribution in [0.2, 0.25) is 0 Å². The summed E-state index contributed by atoms with van der Waals surface area (Å²) in [6.45, 7) is 5.41. The fourth-order valence-corrected chi connectivity index (χ4v) is 2.02. The Kier molecular flexibility index (Phi) is 3.81. The summed E-state index contributed by atoms with van der Waals surface area (Å²) >= 11 is 2.03. The molecule has 1 unspecified atom stereocenters. The summed E-state index contributed by atoms with van der Waals surface area (Å²) < 4.78 is 38.1. The molecule has 0 bridgehead atoms. The van der Waals surface area contributed by atoms with E-state index < -0.39 is 11.7 Å². The number of benzene rings is 1. The summed E-state index contributed by atoms with van der Waals surface area (Å²) in [5.74, 6) is -0.0702. The first kappa shape index (κ1) is 12.5. The lowest BCUT2D eigenvalue weighted by Gasteiger charge is -2.13. The lowest BCUT2D eigenvalue weighted by atomic mass is 9.99. The Hall–Kier alpha value is -0.520. The highest BCUT2D eigenvalue weighted by Crippen LogP contribution is 2.33. The van der Waals surface area contributed by atoms with Gasteiger partial charge in [0.25, 0.3) is 0 Å². The van der Waals surface area contributed by atoms with Crippen molar-refractivity contribution in [2.45, 2.75) is 19.0 Å². The molecule has 4 heteroatoms. The second-order valence-electron chi connectivity index (χ2n) is 3.26. The smallest absolute Gasteiger partial charge is 0.166 e. The Morgan fingerprint density at radius 3 is 2.47 bits per heavy atom. The minimum Gasteiger partial charge on any atom is -0.166 e. The van der Waals surface area contributed by atoms with Crippen molar-refractivity contribution >= 4 is 22.6 Å². The van der Waals surface area contributed by atoms with Crippen molar-refractivity contribution in [3.8, 4) is 0 Å². The van der Waals surface area contributed by atoms with Crippen LogP contribution in [-0.4, -0.2) is 0 Å². The third-order valence-corrected chi connectivity index (χ3v) is 3.15. The molecule has 0 aliphatic carbocycles. The molecule has 82 valence electrons. The summed E-state index contributed by atoms with van der Waals surface area (Å²) in [7, 11) is 0. The zero-order valence-electron chi connectivity index (χ0n) is 8.11. The van der Waals surface area contributed by atoms with Crippen LogP contribution < -0.4 is 0 Å². The number of hydrogen-bond acceptors (Lipinski definition) is 0. The van der Waals surface area contributed by atoms with Gasteiger partial charge in [0.2, 0.25) is 0 Å². The number of halogens is 4. The third-order valence-electron chi connectivity index (χ3n) is 2.17. The molecule has 1 rings (SSSR count). The van der Waals surface area contributed by atoms with Crippen LogP contribution in [0.5, 0.6) is 0 Å². The average molecular weight is 326 g/mol. The molecule has 0 aliphatic rings. The van der Waals surface area contributed by atoms with Crippen molar-refractivity contribution in [2.75, 3.05) is 0 Å². The van der Waals surface area contributed by atoms with Crippen molar-refractivity contribution in [1.82, 2.24) is 0 Å². The Labute approximate surface area is 100 Å². The Bertz CT molecular complexity index is 369. The molecule has 0 aliphatic heterocycles. The molecule has 0 saturated carbocycles. The van der Waals surface area contributed by atoms with Crippen LogP contribution in [0.4, 0.5) is 13.2 Å². The van der Waals surface area contributed by atoms with Gasteiger partial charge < -0.3 is 0 Å². The fourth-order valence-electron chi connectivity index (χ4n) is 1.20. The highest BCUT2D eigenvalue weighted by atomic mass is 127. The molecule has 0 nitrogen and oxygen atoms in total. The molecular formula is C11H10F3I. The first-order valence-electron chi connectivity index (χ1n) is 4.35. The summed E-state index contributed by atoms with van der Waals surface area (Å²) in [5.41, 5.74) is 0.0621. The van der Waals surface area contributed by atoms with E-state index in [0.29, 0.717) is 5.56 Å². The van der Waals surface area contributed by atoms with Crippen molar-refractivity contribution in [3.05, 3.63) is 45.6 Å². The summed E-state index contributed by atoms with van der Waals surface area (Å²) in [5, 5.41) is 0.